The van der Waals surface area contributed by atoms with Gasteiger partial charge in [0.1, 0.15) is 10.7 Å². The summed E-state index contributed by atoms with van der Waals surface area (Å²) < 4.78 is 32.8. The Bertz CT molecular complexity index is 1110. The molecule has 0 radical (unpaired) electrons. The average molecular weight is 441 g/mol. The number of pyridine rings is 1. The number of amides is 1. The van der Waals surface area contributed by atoms with Gasteiger partial charge in [-0.25, -0.2) is 13.4 Å². The monoisotopic (exact) mass is 440 g/mol. The van der Waals surface area contributed by atoms with E-state index in [0.717, 1.165) is 0 Å². The number of hydrogen-bond acceptors (Lipinski definition) is 6. The highest BCUT2D eigenvalue weighted by Crippen LogP contribution is 2.24. The van der Waals surface area contributed by atoms with Crippen molar-refractivity contribution in [1.82, 2.24) is 9.88 Å². The zero-order valence-corrected chi connectivity index (χ0v) is 18.0. The van der Waals surface area contributed by atoms with Crippen molar-refractivity contribution in [2.75, 3.05) is 41.9 Å². The lowest BCUT2D eigenvalue weighted by Crippen LogP contribution is -2.49. The van der Waals surface area contributed by atoms with E-state index in [0.29, 0.717) is 50.0 Å². The first kappa shape index (κ1) is 20.9. The van der Waals surface area contributed by atoms with Crippen LogP contribution in [0.4, 0.5) is 11.5 Å². The topological polar surface area (TPSA) is 87.0 Å². The fourth-order valence-corrected chi connectivity index (χ4v) is 5.04. The Kier molecular flexibility index (Phi) is 5.94. The van der Waals surface area contributed by atoms with E-state index in [1.807, 2.05) is 23.1 Å². The van der Waals surface area contributed by atoms with Crippen LogP contribution in [0, 0.1) is 0 Å². The summed E-state index contributed by atoms with van der Waals surface area (Å²) in [6.07, 6.45) is 2.89. The molecule has 1 fully saturated rings. The molecule has 0 spiro atoms. The molecule has 0 bridgehead atoms. The number of anilines is 2. The highest BCUT2D eigenvalue weighted by atomic mass is 32.2. The van der Waals surface area contributed by atoms with Gasteiger partial charge in [0, 0.05) is 38.9 Å². The van der Waals surface area contributed by atoms with Crippen LogP contribution in [0.25, 0.3) is 0 Å². The number of carbonyl (C=O) groups is 1. The van der Waals surface area contributed by atoms with E-state index < -0.39 is 10.0 Å². The van der Waals surface area contributed by atoms with Crippen LogP contribution in [-0.2, 0) is 10.0 Å². The minimum Gasteiger partial charge on any atom is -0.459 e. The number of furan rings is 1. The van der Waals surface area contributed by atoms with Crippen LogP contribution in [0.5, 0.6) is 0 Å². The van der Waals surface area contributed by atoms with Gasteiger partial charge in [0.25, 0.3) is 15.9 Å². The Morgan fingerprint density at radius 1 is 1.03 bits per heavy atom. The van der Waals surface area contributed by atoms with Gasteiger partial charge in [0.2, 0.25) is 0 Å². The predicted octanol–water partition coefficient (Wildman–Crippen LogP) is 2.85. The molecule has 9 heteroatoms. The van der Waals surface area contributed by atoms with Crippen LogP contribution in [0.3, 0.4) is 0 Å². The zero-order chi connectivity index (χ0) is 21.8. The molecule has 4 rings (SSSR count). The van der Waals surface area contributed by atoms with E-state index in [1.54, 1.807) is 48.2 Å². The number of para-hydroxylation sites is 1. The Morgan fingerprint density at radius 2 is 1.77 bits per heavy atom. The van der Waals surface area contributed by atoms with Gasteiger partial charge in [-0.2, -0.15) is 0 Å². The van der Waals surface area contributed by atoms with Gasteiger partial charge >= 0.3 is 0 Å². The molecule has 1 aliphatic rings. The van der Waals surface area contributed by atoms with Gasteiger partial charge in [-0.15, -0.1) is 0 Å². The lowest BCUT2D eigenvalue weighted by molar-refractivity contribution is 0.0714. The molecule has 1 amide bonds. The van der Waals surface area contributed by atoms with Crippen molar-refractivity contribution in [2.24, 2.45) is 0 Å². The van der Waals surface area contributed by atoms with Gasteiger partial charge in [-0.05, 0) is 43.3 Å². The number of aromatic nitrogens is 1. The molecule has 0 saturated carbocycles. The van der Waals surface area contributed by atoms with Crippen LogP contribution >= 0.6 is 0 Å². The summed E-state index contributed by atoms with van der Waals surface area (Å²) in [7, 11) is -3.71. The fraction of sp³-hybridized carbons (Fsp3) is 0.273. The normalized spacial score (nSPS) is 14.5. The first-order valence-electron chi connectivity index (χ1n) is 10.1. The van der Waals surface area contributed by atoms with Crippen LogP contribution in [0.2, 0.25) is 0 Å². The molecule has 1 aromatic carbocycles. The lowest BCUT2D eigenvalue weighted by atomic mass is 10.2. The summed E-state index contributed by atoms with van der Waals surface area (Å²) in [5, 5.41) is 0. The van der Waals surface area contributed by atoms with E-state index in [4.69, 9.17) is 4.42 Å². The molecular formula is C22H24N4O4S. The maximum Gasteiger partial charge on any atom is 0.289 e. The number of carbonyl (C=O) groups excluding carboxylic acids is 1. The van der Waals surface area contributed by atoms with Crippen molar-refractivity contribution in [2.45, 2.75) is 11.8 Å². The van der Waals surface area contributed by atoms with E-state index in [1.165, 1.54) is 16.8 Å². The number of piperazine rings is 1. The second-order valence-electron chi connectivity index (χ2n) is 7.11. The molecule has 3 aromatic rings. The summed E-state index contributed by atoms with van der Waals surface area (Å²) in [5.41, 5.74) is 0.617. The minimum absolute atomic E-state index is 0.125. The summed E-state index contributed by atoms with van der Waals surface area (Å²) in [6.45, 7) is 4.42. The first-order chi connectivity index (χ1) is 15.0. The third-order valence-electron chi connectivity index (χ3n) is 5.26. The molecule has 0 atom stereocenters. The Balaban J connectivity index is 1.44. The number of rotatable bonds is 6. The maximum atomic E-state index is 13.1. The quantitative estimate of drug-likeness (QED) is 0.586. The Morgan fingerprint density at radius 3 is 2.35 bits per heavy atom. The largest absolute Gasteiger partial charge is 0.459 e. The molecule has 1 saturated heterocycles. The molecule has 0 N–H and O–H groups in total. The molecule has 162 valence electrons. The van der Waals surface area contributed by atoms with Gasteiger partial charge in [-0.1, -0.05) is 18.2 Å². The second kappa shape index (κ2) is 8.81. The van der Waals surface area contributed by atoms with E-state index in [2.05, 4.69) is 4.98 Å². The van der Waals surface area contributed by atoms with Crippen molar-refractivity contribution in [3.8, 4) is 0 Å². The molecular weight excluding hydrogens is 416 g/mol. The number of hydrogen-bond donors (Lipinski definition) is 0. The van der Waals surface area contributed by atoms with Crippen LogP contribution < -0.4 is 9.21 Å². The average Bonchev–Trinajstić information content (AvgIpc) is 3.35. The third kappa shape index (κ3) is 4.27. The van der Waals surface area contributed by atoms with Crippen molar-refractivity contribution in [1.29, 1.82) is 0 Å². The van der Waals surface area contributed by atoms with Gasteiger partial charge in [-0.3, -0.25) is 9.10 Å². The minimum atomic E-state index is -3.71. The predicted molar refractivity (Wildman–Crippen MR) is 118 cm³/mol. The fourth-order valence-electron chi connectivity index (χ4n) is 3.62. The highest BCUT2D eigenvalue weighted by molar-refractivity contribution is 7.92. The van der Waals surface area contributed by atoms with Gasteiger partial charge in [0.15, 0.2) is 5.76 Å². The van der Waals surface area contributed by atoms with E-state index >= 15 is 0 Å². The molecule has 31 heavy (non-hydrogen) atoms. The van der Waals surface area contributed by atoms with Gasteiger partial charge < -0.3 is 14.2 Å². The van der Waals surface area contributed by atoms with Gasteiger partial charge in [0.05, 0.1) is 12.0 Å². The van der Waals surface area contributed by atoms with Crippen LogP contribution in [0.15, 0.2) is 76.4 Å². The molecule has 2 aromatic heterocycles. The third-order valence-corrected chi connectivity index (χ3v) is 7.15. The molecule has 8 nitrogen and oxygen atoms in total. The van der Waals surface area contributed by atoms with Crippen molar-refractivity contribution >= 4 is 27.4 Å². The molecule has 3 heterocycles. The summed E-state index contributed by atoms with van der Waals surface area (Å²) in [6, 6.07) is 15.7. The number of benzene rings is 1. The van der Waals surface area contributed by atoms with Crippen molar-refractivity contribution in [3.05, 3.63) is 72.8 Å². The summed E-state index contributed by atoms with van der Waals surface area (Å²) in [5.74, 6) is 0.895. The summed E-state index contributed by atoms with van der Waals surface area (Å²) >= 11 is 0. The molecule has 0 aliphatic carbocycles. The second-order valence-corrected chi connectivity index (χ2v) is 8.98. The van der Waals surface area contributed by atoms with E-state index in [-0.39, 0.29) is 10.8 Å². The smallest absolute Gasteiger partial charge is 0.289 e. The van der Waals surface area contributed by atoms with Crippen molar-refractivity contribution in [3.63, 3.8) is 0 Å². The zero-order valence-electron chi connectivity index (χ0n) is 17.2. The lowest BCUT2D eigenvalue weighted by Gasteiger charge is -2.35. The SMILES string of the molecule is CCN(c1ccccc1)S(=O)(=O)c1ccc(N2CCN(C(=O)c3ccco3)CC2)nc1. The highest BCUT2D eigenvalue weighted by Gasteiger charge is 2.26. The van der Waals surface area contributed by atoms with Crippen LogP contribution in [0.1, 0.15) is 17.5 Å². The standard InChI is InChI=1S/C22H24N4O4S/c1-2-26(18-7-4-3-5-8-18)31(28,29)19-10-11-21(23-17-19)24-12-14-25(15-13-24)22(27)20-9-6-16-30-20/h3-11,16-17H,2,12-15H2,1H3. The number of nitrogens with zero attached hydrogens (tertiary/aromatic N) is 4. The first-order valence-corrected chi connectivity index (χ1v) is 11.6. The Labute approximate surface area is 181 Å². The van der Waals surface area contributed by atoms with E-state index in [9.17, 15) is 13.2 Å². The Hall–Kier alpha value is -3.33. The molecule has 1 aliphatic heterocycles. The van der Waals surface area contributed by atoms with Crippen molar-refractivity contribution < 1.29 is 17.6 Å². The number of sulfonamides is 1. The molecule has 0 unspecified atom stereocenters. The summed E-state index contributed by atoms with van der Waals surface area (Å²) in [4.78, 5) is 20.7. The van der Waals surface area contributed by atoms with Crippen LogP contribution in [-0.4, -0.2) is 56.9 Å². The maximum absolute atomic E-state index is 13.1.